The predicted octanol–water partition coefficient (Wildman–Crippen LogP) is 8.53. The molecule has 4 aliphatic rings. The average Bonchev–Trinajstić information content (AvgIpc) is 3.98. The van der Waals surface area contributed by atoms with Gasteiger partial charge in [0.05, 0.1) is 43.4 Å². The Hall–Kier alpha value is -5.75. The lowest BCUT2D eigenvalue weighted by Crippen LogP contribution is -2.12. The van der Waals surface area contributed by atoms with E-state index in [0.717, 1.165) is 86.2 Å². The van der Waals surface area contributed by atoms with E-state index in [-0.39, 0.29) is 0 Å². The molecule has 0 N–H and O–H groups in total. The van der Waals surface area contributed by atoms with Crippen LogP contribution in [-0.2, 0) is 10.8 Å². The Labute approximate surface area is 291 Å². The van der Waals surface area contributed by atoms with Crippen molar-refractivity contribution in [1.29, 1.82) is 0 Å². The summed E-state index contributed by atoms with van der Waals surface area (Å²) in [5.74, 6) is 0. The van der Waals surface area contributed by atoms with Crippen LogP contribution in [0.2, 0.25) is 0 Å². The van der Waals surface area contributed by atoms with Crippen molar-refractivity contribution in [2.45, 2.75) is 0 Å². The zero-order chi connectivity index (χ0) is 32.7. The summed E-state index contributed by atoms with van der Waals surface area (Å²) in [7, 11) is -1.50. The van der Waals surface area contributed by atoms with Crippen molar-refractivity contribution in [1.82, 2.24) is 0 Å². The van der Waals surface area contributed by atoms with Gasteiger partial charge in [0, 0.05) is 31.4 Å². The van der Waals surface area contributed by atoms with Crippen LogP contribution in [0.4, 0.5) is 0 Å². The van der Waals surface area contributed by atoms with Crippen molar-refractivity contribution in [3.63, 3.8) is 0 Å². The number of thiophene rings is 1. The van der Waals surface area contributed by atoms with Crippen LogP contribution in [0.5, 0.6) is 0 Å². The summed E-state index contributed by atoms with van der Waals surface area (Å²) in [6.45, 7) is 0. The molecular weight excluding hydrogens is 637 g/mol. The molecule has 5 heteroatoms. The summed E-state index contributed by atoms with van der Waals surface area (Å²) >= 11 is 1.75. The average molecular weight is 665 g/mol. The maximum atomic E-state index is 14.8. The van der Waals surface area contributed by atoms with E-state index in [4.69, 9.17) is 9.98 Å². The number of benzene rings is 4. The molecule has 4 aliphatic heterocycles. The molecule has 3 nitrogen and oxygen atoms in total. The highest BCUT2D eigenvalue weighted by atomic mass is 32.2. The van der Waals surface area contributed by atoms with Crippen LogP contribution in [0.25, 0.3) is 22.3 Å². The summed E-state index contributed by atoms with van der Waals surface area (Å²) in [6.07, 6.45) is 12.3. The second kappa shape index (κ2) is 12.4. The standard InChI is InChI=1S/C44H28N2OS2/c47-49-39-27-28-40(49)44(32-19-11-4-12-20-32)36-24-22-34(46-36)42(30-15-7-2-8-16-30)38-26-25-37(48-38)41(29-13-5-1-6-14-29)33-21-23-35(45-33)43(39)31-17-9-3-10-18-31/h1-28H. The van der Waals surface area contributed by atoms with Gasteiger partial charge in [-0.2, -0.15) is 0 Å². The molecule has 49 heavy (non-hydrogen) atoms. The zero-order valence-corrected chi connectivity index (χ0v) is 27.9. The van der Waals surface area contributed by atoms with Gasteiger partial charge in [0.2, 0.25) is 0 Å². The molecule has 0 saturated carbocycles. The second-order valence-electron chi connectivity index (χ2n) is 11.9. The first-order valence-corrected chi connectivity index (χ1v) is 18.1. The van der Waals surface area contributed by atoms with Gasteiger partial charge in [-0.25, -0.2) is 14.2 Å². The van der Waals surface area contributed by atoms with Crippen molar-refractivity contribution in [3.05, 3.63) is 222 Å². The summed E-state index contributed by atoms with van der Waals surface area (Å²) in [5, 5.41) is 0. The first-order valence-electron chi connectivity index (χ1n) is 16.2. The number of fused-ring (bicyclic) bond motifs is 6. The summed E-state index contributed by atoms with van der Waals surface area (Å²) in [5.41, 5.74) is 11.3. The van der Waals surface area contributed by atoms with Crippen LogP contribution in [0.1, 0.15) is 22.3 Å². The van der Waals surface area contributed by atoms with E-state index in [1.54, 1.807) is 11.3 Å². The molecule has 0 saturated heterocycles. The lowest BCUT2D eigenvalue weighted by Gasteiger charge is -2.15. The molecule has 8 bridgehead atoms. The molecule has 232 valence electrons. The molecule has 0 fully saturated rings. The maximum absolute atomic E-state index is 14.8. The van der Waals surface area contributed by atoms with E-state index in [2.05, 4.69) is 109 Å². The highest BCUT2D eigenvalue weighted by Gasteiger charge is 2.30. The van der Waals surface area contributed by atoms with Crippen LogP contribution in [0.15, 0.2) is 201 Å². The fourth-order valence-corrected chi connectivity index (χ4v) is 9.31. The minimum absolute atomic E-state index is 0.731. The molecule has 0 radical (unpaired) electrons. The molecule has 5 aromatic rings. The molecule has 5 heterocycles. The van der Waals surface area contributed by atoms with Crippen molar-refractivity contribution in [2.24, 2.45) is 9.98 Å². The van der Waals surface area contributed by atoms with Gasteiger partial charge >= 0.3 is 0 Å². The maximum Gasteiger partial charge on any atom is 0.0863 e. The van der Waals surface area contributed by atoms with E-state index in [1.165, 1.54) is 0 Å². The molecule has 0 atom stereocenters. The van der Waals surface area contributed by atoms with E-state index < -0.39 is 10.8 Å². The van der Waals surface area contributed by atoms with E-state index in [9.17, 15) is 4.21 Å². The molecule has 0 spiro atoms. The summed E-state index contributed by atoms with van der Waals surface area (Å²) in [4.78, 5) is 12.1. The topological polar surface area (TPSA) is 41.8 Å². The number of allylic oxidation sites excluding steroid dienone is 8. The summed E-state index contributed by atoms with van der Waals surface area (Å²) in [6, 6.07) is 45.7. The van der Waals surface area contributed by atoms with Crippen molar-refractivity contribution < 1.29 is 4.21 Å². The SMILES string of the molecule is O=S1C2=CC=C1C(c1ccccc1)=C1C=CC(=N1)C(c1ccccc1)=c1ccc(s1)=C(c1ccccc1)C1=NC(=C2c2ccccc2)C=C1. The van der Waals surface area contributed by atoms with E-state index in [1.807, 2.05) is 60.7 Å². The van der Waals surface area contributed by atoms with Gasteiger partial charge in [-0.3, -0.25) is 0 Å². The predicted molar refractivity (Wildman–Crippen MR) is 206 cm³/mol. The fourth-order valence-electron chi connectivity index (χ4n) is 6.72. The molecule has 0 amide bonds. The minimum atomic E-state index is -1.50. The first-order chi connectivity index (χ1) is 24.2. The Bertz CT molecular complexity index is 2380. The smallest absolute Gasteiger partial charge is 0.0863 e. The highest BCUT2D eigenvalue weighted by Crippen LogP contribution is 2.43. The third-order valence-corrected chi connectivity index (χ3v) is 11.5. The van der Waals surface area contributed by atoms with Gasteiger partial charge in [0.25, 0.3) is 0 Å². The van der Waals surface area contributed by atoms with Gasteiger partial charge in [0.1, 0.15) is 0 Å². The van der Waals surface area contributed by atoms with Crippen molar-refractivity contribution >= 4 is 55.9 Å². The number of nitrogens with zero attached hydrogens (tertiary/aromatic N) is 2. The van der Waals surface area contributed by atoms with E-state index >= 15 is 0 Å². The highest BCUT2D eigenvalue weighted by molar-refractivity contribution is 7.94. The largest absolute Gasteiger partial charge is 0.249 e. The molecule has 9 rings (SSSR count). The van der Waals surface area contributed by atoms with Crippen LogP contribution in [-0.4, -0.2) is 15.6 Å². The Kier molecular flexibility index (Phi) is 7.42. The lowest BCUT2D eigenvalue weighted by atomic mass is 10.0. The molecular formula is C44H28N2OS2. The van der Waals surface area contributed by atoms with Crippen LogP contribution in [0, 0.1) is 0 Å². The van der Waals surface area contributed by atoms with Gasteiger partial charge in [0.15, 0.2) is 0 Å². The Morgan fingerprint density at radius 3 is 1.12 bits per heavy atom. The molecule has 4 aromatic carbocycles. The number of rotatable bonds is 4. The normalized spacial score (nSPS) is 18.2. The summed E-state index contributed by atoms with van der Waals surface area (Å²) < 4.78 is 17.1. The van der Waals surface area contributed by atoms with Crippen LogP contribution in [0.3, 0.4) is 0 Å². The van der Waals surface area contributed by atoms with Gasteiger partial charge in [-0.15, -0.1) is 11.3 Å². The number of aliphatic imine (C=N–C) groups is 2. The lowest BCUT2D eigenvalue weighted by molar-refractivity contribution is 0.692. The third-order valence-electron chi connectivity index (χ3n) is 8.93. The van der Waals surface area contributed by atoms with Gasteiger partial charge in [-0.1, -0.05) is 121 Å². The van der Waals surface area contributed by atoms with E-state index in [0.29, 0.717) is 0 Å². The quantitative estimate of drug-likeness (QED) is 0.190. The Balaban J connectivity index is 1.41. The van der Waals surface area contributed by atoms with Crippen LogP contribution < -0.4 is 9.06 Å². The van der Waals surface area contributed by atoms with Crippen LogP contribution >= 0.6 is 11.3 Å². The van der Waals surface area contributed by atoms with Gasteiger partial charge in [-0.05, 0) is 70.8 Å². The Morgan fingerprint density at radius 2 is 0.755 bits per heavy atom. The molecule has 1 aromatic heterocycles. The second-order valence-corrected chi connectivity index (χ2v) is 14.4. The third kappa shape index (κ3) is 5.24. The van der Waals surface area contributed by atoms with Crippen molar-refractivity contribution in [2.75, 3.05) is 0 Å². The first kappa shape index (κ1) is 29.4. The number of hydrogen-bond donors (Lipinski definition) is 0. The molecule has 0 unspecified atom stereocenters. The zero-order valence-electron chi connectivity index (χ0n) is 26.3. The minimum Gasteiger partial charge on any atom is -0.249 e. The Morgan fingerprint density at radius 1 is 0.408 bits per heavy atom. The number of hydrogen-bond acceptors (Lipinski definition) is 4. The van der Waals surface area contributed by atoms with Crippen molar-refractivity contribution in [3.8, 4) is 0 Å². The fraction of sp³-hybridized carbons (Fsp3) is 0. The van der Waals surface area contributed by atoms with Gasteiger partial charge < -0.3 is 0 Å². The molecule has 0 aliphatic carbocycles. The monoisotopic (exact) mass is 664 g/mol.